The summed E-state index contributed by atoms with van der Waals surface area (Å²) >= 11 is 0. The van der Waals surface area contributed by atoms with Crippen LogP contribution in [0.3, 0.4) is 0 Å². The fourth-order valence-electron chi connectivity index (χ4n) is 5.86. The first-order valence-corrected chi connectivity index (χ1v) is 14.2. The van der Waals surface area contributed by atoms with E-state index in [2.05, 4.69) is 15.1 Å². The van der Waals surface area contributed by atoms with Gasteiger partial charge in [0.05, 0.1) is 37.3 Å². The maximum atomic E-state index is 13.3. The Hall–Kier alpha value is -4.32. The standard InChI is InChI=1S/C30H33FN6O5/c1-41-24-10-11-26(32-16-24)42-23-8-2-20(3-9-23)28(38)35-14-12-30(40,13-15-35)18-36-19-33-27-25(29(36)39)17-34-37(27)22-6-4-21(31)5-7-22/h4-7,10-11,16-17,19-20,23,40H,2-3,8-9,12-15,18H2,1H3/t20-,23-. The van der Waals surface area contributed by atoms with E-state index in [4.69, 9.17) is 9.47 Å². The number of carbonyl (C=O) groups excluding carboxylic acids is 1. The fourth-order valence-corrected chi connectivity index (χ4v) is 5.86. The van der Waals surface area contributed by atoms with E-state index >= 15 is 0 Å². The Morgan fingerprint density at radius 2 is 1.79 bits per heavy atom. The van der Waals surface area contributed by atoms with E-state index in [0.717, 1.165) is 25.7 Å². The zero-order valence-electron chi connectivity index (χ0n) is 23.4. The summed E-state index contributed by atoms with van der Waals surface area (Å²) in [5, 5.41) is 15.9. The van der Waals surface area contributed by atoms with Gasteiger partial charge in [0.2, 0.25) is 11.8 Å². The third kappa shape index (κ3) is 5.71. The predicted octanol–water partition coefficient (Wildman–Crippen LogP) is 3.12. The molecule has 220 valence electrons. The quantitative estimate of drug-likeness (QED) is 0.356. The topological polar surface area (TPSA) is 125 Å². The van der Waals surface area contributed by atoms with Crippen molar-refractivity contribution >= 4 is 16.9 Å². The molecule has 1 N–H and O–H groups in total. The van der Waals surface area contributed by atoms with Gasteiger partial charge in [0.15, 0.2) is 5.65 Å². The first-order chi connectivity index (χ1) is 20.3. The molecule has 0 atom stereocenters. The molecule has 1 saturated carbocycles. The molecule has 12 heteroatoms. The van der Waals surface area contributed by atoms with E-state index in [-0.39, 0.29) is 35.9 Å². The predicted molar refractivity (Wildman–Crippen MR) is 151 cm³/mol. The fraction of sp³-hybridized carbons (Fsp3) is 0.433. The summed E-state index contributed by atoms with van der Waals surface area (Å²) in [5.41, 5.74) is -0.512. The van der Waals surface area contributed by atoms with Crippen LogP contribution in [0.4, 0.5) is 4.39 Å². The summed E-state index contributed by atoms with van der Waals surface area (Å²) in [5.74, 6) is 0.909. The van der Waals surface area contributed by atoms with Gasteiger partial charge in [0.1, 0.15) is 29.4 Å². The maximum absolute atomic E-state index is 13.3. The Morgan fingerprint density at radius 1 is 1.05 bits per heavy atom. The smallest absolute Gasteiger partial charge is 0.264 e. The van der Waals surface area contributed by atoms with Gasteiger partial charge in [0, 0.05) is 25.1 Å². The first kappa shape index (κ1) is 27.8. The van der Waals surface area contributed by atoms with Gasteiger partial charge in [-0.1, -0.05) is 0 Å². The number of fused-ring (bicyclic) bond motifs is 1. The van der Waals surface area contributed by atoms with Crippen molar-refractivity contribution in [3.63, 3.8) is 0 Å². The van der Waals surface area contributed by atoms with Gasteiger partial charge in [-0.05, 0) is 68.9 Å². The molecule has 1 saturated heterocycles. The molecular weight excluding hydrogens is 543 g/mol. The highest BCUT2D eigenvalue weighted by molar-refractivity contribution is 5.79. The first-order valence-electron chi connectivity index (χ1n) is 14.2. The third-order valence-corrected chi connectivity index (χ3v) is 8.35. The summed E-state index contributed by atoms with van der Waals surface area (Å²) in [4.78, 5) is 37.0. The van der Waals surface area contributed by atoms with Crippen molar-refractivity contribution in [2.45, 2.75) is 56.8 Å². The average molecular weight is 577 g/mol. The zero-order chi connectivity index (χ0) is 29.3. The molecule has 6 rings (SSSR count). The molecule has 0 spiro atoms. The van der Waals surface area contributed by atoms with Gasteiger partial charge in [-0.3, -0.25) is 14.2 Å². The van der Waals surface area contributed by atoms with Crippen LogP contribution in [-0.4, -0.2) is 72.1 Å². The highest BCUT2D eigenvalue weighted by Crippen LogP contribution is 2.31. The molecular formula is C30H33FN6O5. The van der Waals surface area contributed by atoms with E-state index in [1.54, 1.807) is 31.5 Å². The van der Waals surface area contributed by atoms with Crippen molar-refractivity contribution in [2.24, 2.45) is 5.92 Å². The minimum atomic E-state index is -1.14. The Kier molecular flexibility index (Phi) is 7.63. The molecule has 4 aromatic rings. The SMILES string of the molecule is COc1ccc(O[C@H]2CC[C@H](C(=O)N3CCC(O)(Cn4cnc5c(cnn5-c5ccc(F)cc5)c4=O)CC3)CC2)nc1. The van der Waals surface area contributed by atoms with Crippen LogP contribution >= 0.6 is 0 Å². The minimum absolute atomic E-state index is 0.0217. The van der Waals surface area contributed by atoms with Crippen molar-refractivity contribution in [1.82, 2.24) is 29.2 Å². The van der Waals surface area contributed by atoms with E-state index in [1.807, 2.05) is 11.0 Å². The number of amides is 1. The lowest BCUT2D eigenvalue weighted by Gasteiger charge is -2.40. The lowest BCUT2D eigenvalue weighted by Crippen LogP contribution is -2.51. The molecule has 11 nitrogen and oxygen atoms in total. The Balaban J connectivity index is 1.03. The van der Waals surface area contributed by atoms with E-state index in [9.17, 15) is 19.1 Å². The van der Waals surface area contributed by atoms with E-state index in [1.165, 1.54) is 33.9 Å². The molecule has 1 aliphatic heterocycles. The lowest BCUT2D eigenvalue weighted by molar-refractivity contribution is -0.141. The molecule has 2 fully saturated rings. The van der Waals surface area contributed by atoms with Gasteiger partial charge in [-0.2, -0.15) is 5.10 Å². The second-order valence-corrected chi connectivity index (χ2v) is 11.1. The summed E-state index contributed by atoms with van der Waals surface area (Å²) < 4.78 is 27.3. The number of aromatic nitrogens is 5. The number of ether oxygens (including phenoxy) is 2. The molecule has 3 aromatic heterocycles. The highest BCUT2D eigenvalue weighted by Gasteiger charge is 2.37. The number of nitrogens with zero attached hydrogens (tertiary/aromatic N) is 6. The van der Waals surface area contributed by atoms with Crippen LogP contribution in [0.15, 0.2) is 59.9 Å². The van der Waals surface area contributed by atoms with Crippen LogP contribution < -0.4 is 15.0 Å². The minimum Gasteiger partial charge on any atom is -0.495 e. The number of aliphatic hydroxyl groups is 1. The highest BCUT2D eigenvalue weighted by atomic mass is 19.1. The van der Waals surface area contributed by atoms with Gasteiger partial charge in [-0.15, -0.1) is 0 Å². The Morgan fingerprint density at radius 3 is 2.45 bits per heavy atom. The maximum Gasteiger partial charge on any atom is 0.264 e. The number of benzene rings is 1. The number of methoxy groups -OCH3 is 1. The van der Waals surface area contributed by atoms with Crippen LogP contribution in [0.2, 0.25) is 0 Å². The third-order valence-electron chi connectivity index (χ3n) is 8.35. The molecule has 2 aliphatic rings. The second kappa shape index (κ2) is 11.5. The molecule has 0 unspecified atom stereocenters. The van der Waals surface area contributed by atoms with Crippen molar-refractivity contribution in [2.75, 3.05) is 20.2 Å². The van der Waals surface area contributed by atoms with Crippen molar-refractivity contribution in [1.29, 1.82) is 0 Å². The zero-order valence-corrected chi connectivity index (χ0v) is 23.4. The largest absolute Gasteiger partial charge is 0.495 e. The lowest BCUT2D eigenvalue weighted by atomic mass is 9.85. The van der Waals surface area contributed by atoms with Crippen molar-refractivity contribution in [3.8, 4) is 17.3 Å². The molecule has 4 heterocycles. The summed E-state index contributed by atoms with van der Waals surface area (Å²) in [7, 11) is 1.59. The normalized spacial score (nSPS) is 20.4. The van der Waals surface area contributed by atoms with Crippen LogP contribution in [0.1, 0.15) is 38.5 Å². The van der Waals surface area contributed by atoms with Crippen molar-refractivity contribution in [3.05, 3.63) is 71.3 Å². The van der Waals surface area contributed by atoms with Crippen LogP contribution in [0.5, 0.6) is 11.6 Å². The molecule has 0 radical (unpaired) electrons. The molecule has 0 bridgehead atoms. The number of carbonyl (C=O) groups is 1. The number of hydrogen-bond donors (Lipinski definition) is 1. The summed E-state index contributed by atoms with van der Waals surface area (Å²) in [6.07, 6.45) is 8.24. The number of halogens is 1. The molecule has 1 amide bonds. The number of hydrogen-bond acceptors (Lipinski definition) is 8. The number of pyridine rings is 1. The van der Waals surface area contributed by atoms with Gasteiger partial charge in [0.25, 0.3) is 5.56 Å². The van der Waals surface area contributed by atoms with Crippen LogP contribution in [0.25, 0.3) is 16.7 Å². The Bertz CT molecular complexity index is 1600. The summed E-state index contributed by atoms with van der Waals surface area (Å²) in [6, 6.07) is 9.35. The number of likely N-dealkylation sites (tertiary alicyclic amines) is 1. The number of rotatable bonds is 7. The number of piperidine rings is 1. The van der Waals surface area contributed by atoms with Gasteiger partial charge in [-0.25, -0.2) is 19.0 Å². The molecule has 1 aliphatic carbocycles. The van der Waals surface area contributed by atoms with E-state index < -0.39 is 5.60 Å². The van der Waals surface area contributed by atoms with E-state index in [0.29, 0.717) is 54.3 Å². The van der Waals surface area contributed by atoms with Crippen LogP contribution in [0, 0.1) is 11.7 Å². The average Bonchev–Trinajstić information content (AvgIpc) is 3.45. The van der Waals surface area contributed by atoms with Crippen LogP contribution in [-0.2, 0) is 11.3 Å². The second-order valence-electron chi connectivity index (χ2n) is 11.1. The molecule has 1 aromatic carbocycles. The van der Waals surface area contributed by atoms with Crippen molar-refractivity contribution < 1.29 is 23.8 Å². The Labute approximate surface area is 241 Å². The summed E-state index contributed by atoms with van der Waals surface area (Å²) in [6.45, 7) is 0.920. The monoisotopic (exact) mass is 576 g/mol. The molecule has 42 heavy (non-hydrogen) atoms. The van der Waals surface area contributed by atoms with Gasteiger partial charge >= 0.3 is 0 Å². The van der Waals surface area contributed by atoms with Gasteiger partial charge < -0.3 is 19.5 Å².